The zero-order valence-electron chi connectivity index (χ0n) is 12.6. The normalized spacial score (nSPS) is 15.8. The van der Waals surface area contributed by atoms with Crippen molar-refractivity contribution in [3.8, 4) is 0 Å². The minimum Gasteiger partial charge on any atom is -0.343 e. The van der Waals surface area contributed by atoms with Crippen LogP contribution < -0.4 is 10.6 Å². The third-order valence-corrected chi connectivity index (χ3v) is 3.73. The lowest BCUT2D eigenvalue weighted by atomic mass is 10.1. The zero-order chi connectivity index (χ0) is 15.2. The van der Waals surface area contributed by atoms with E-state index < -0.39 is 0 Å². The average molecular weight is 293 g/mol. The first-order valence-corrected chi connectivity index (χ1v) is 7.32. The Morgan fingerprint density at radius 2 is 2.10 bits per heavy atom. The Morgan fingerprint density at radius 1 is 1.38 bits per heavy atom. The minimum atomic E-state index is -0.139. The minimum absolute atomic E-state index is 0.106. The van der Waals surface area contributed by atoms with Crippen LogP contribution in [0.1, 0.15) is 25.3 Å². The van der Waals surface area contributed by atoms with E-state index in [1.165, 1.54) is 0 Å². The molecule has 0 bridgehead atoms. The Labute approximate surface area is 124 Å². The SMILES string of the molecule is CC(=O)N1CCC(NC(=O)NCCc2cnn(C)c2)CC1. The maximum Gasteiger partial charge on any atom is 0.315 e. The van der Waals surface area contributed by atoms with Crippen LogP contribution in [0.3, 0.4) is 0 Å². The Bertz CT molecular complexity index is 491. The number of likely N-dealkylation sites (tertiary alicyclic amines) is 1. The van der Waals surface area contributed by atoms with Crippen molar-refractivity contribution in [2.75, 3.05) is 19.6 Å². The van der Waals surface area contributed by atoms with E-state index in [1.54, 1.807) is 17.8 Å². The number of carbonyl (C=O) groups excluding carboxylic acids is 2. The third-order valence-electron chi connectivity index (χ3n) is 3.73. The van der Waals surface area contributed by atoms with Crippen molar-refractivity contribution < 1.29 is 9.59 Å². The van der Waals surface area contributed by atoms with E-state index in [-0.39, 0.29) is 18.0 Å². The fourth-order valence-electron chi connectivity index (χ4n) is 2.50. The number of nitrogens with one attached hydrogen (secondary N) is 2. The number of piperidine rings is 1. The molecule has 116 valence electrons. The highest BCUT2D eigenvalue weighted by Gasteiger charge is 2.21. The number of rotatable bonds is 4. The van der Waals surface area contributed by atoms with Crippen molar-refractivity contribution in [3.63, 3.8) is 0 Å². The number of carbonyl (C=O) groups is 2. The van der Waals surface area contributed by atoms with Crippen LogP contribution in [-0.2, 0) is 18.3 Å². The molecule has 7 nitrogen and oxygen atoms in total. The van der Waals surface area contributed by atoms with Crippen molar-refractivity contribution >= 4 is 11.9 Å². The molecule has 2 rings (SSSR count). The summed E-state index contributed by atoms with van der Waals surface area (Å²) in [6.07, 6.45) is 6.14. The van der Waals surface area contributed by atoms with Crippen molar-refractivity contribution in [2.24, 2.45) is 7.05 Å². The van der Waals surface area contributed by atoms with E-state index in [1.807, 2.05) is 18.1 Å². The zero-order valence-corrected chi connectivity index (χ0v) is 12.6. The summed E-state index contributed by atoms with van der Waals surface area (Å²) in [5, 5.41) is 9.90. The van der Waals surface area contributed by atoms with Gasteiger partial charge in [-0.15, -0.1) is 0 Å². The highest BCUT2D eigenvalue weighted by molar-refractivity contribution is 5.74. The van der Waals surface area contributed by atoms with Crippen molar-refractivity contribution in [1.82, 2.24) is 25.3 Å². The quantitative estimate of drug-likeness (QED) is 0.836. The molecule has 0 spiro atoms. The van der Waals surface area contributed by atoms with Gasteiger partial charge >= 0.3 is 6.03 Å². The molecule has 1 aliphatic rings. The van der Waals surface area contributed by atoms with Gasteiger partial charge in [0.2, 0.25) is 5.91 Å². The van der Waals surface area contributed by atoms with E-state index in [9.17, 15) is 9.59 Å². The molecule has 1 saturated heterocycles. The van der Waals surface area contributed by atoms with Crippen LogP contribution in [0.5, 0.6) is 0 Å². The maximum absolute atomic E-state index is 11.8. The Kier molecular flexibility index (Phi) is 5.19. The van der Waals surface area contributed by atoms with Gasteiger partial charge in [0, 0.05) is 45.8 Å². The lowest BCUT2D eigenvalue weighted by Crippen LogP contribution is -2.49. The van der Waals surface area contributed by atoms with E-state index >= 15 is 0 Å². The lowest BCUT2D eigenvalue weighted by Gasteiger charge is -2.31. The lowest BCUT2D eigenvalue weighted by molar-refractivity contribution is -0.129. The van der Waals surface area contributed by atoms with E-state index in [2.05, 4.69) is 15.7 Å². The first-order chi connectivity index (χ1) is 10.0. The molecule has 2 heterocycles. The van der Waals surface area contributed by atoms with Crippen molar-refractivity contribution in [3.05, 3.63) is 18.0 Å². The molecular formula is C14H23N5O2. The smallest absolute Gasteiger partial charge is 0.315 e. The van der Waals surface area contributed by atoms with Crippen molar-refractivity contribution in [1.29, 1.82) is 0 Å². The van der Waals surface area contributed by atoms with Gasteiger partial charge in [0.05, 0.1) is 6.20 Å². The topological polar surface area (TPSA) is 79.3 Å². The molecule has 0 saturated carbocycles. The van der Waals surface area contributed by atoms with Gasteiger partial charge in [-0.2, -0.15) is 5.10 Å². The van der Waals surface area contributed by atoms with Crippen LogP contribution in [0.4, 0.5) is 4.79 Å². The molecule has 2 N–H and O–H groups in total. The summed E-state index contributed by atoms with van der Waals surface area (Å²) in [7, 11) is 1.87. The first kappa shape index (κ1) is 15.3. The number of nitrogens with zero attached hydrogens (tertiary/aromatic N) is 3. The van der Waals surface area contributed by atoms with Crippen LogP contribution in [0.2, 0.25) is 0 Å². The monoisotopic (exact) mass is 293 g/mol. The number of hydrogen-bond donors (Lipinski definition) is 2. The fourth-order valence-corrected chi connectivity index (χ4v) is 2.50. The Morgan fingerprint density at radius 3 is 2.67 bits per heavy atom. The summed E-state index contributed by atoms with van der Waals surface area (Å²) in [5.74, 6) is 0.106. The summed E-state index contributed by atoms with van der Waals surface area (Å²) < 4.78 is 1.75. The molecule has 0 aliphatic carbocycles. The van der Waals surface area contributed by atoms with Gasteiger partial charge in [-0.1, -0.05) is 0 Å². The summed E-state index contributed by atoms with van der Waals surface area (Å²) in [6.45, 7) is 3.61. The van der Waals surface area contributed by atoms with Gasteiger partial charge in [0.15, 0.2) is 0 Å². The fraction of sp³-hybridized carbons (Fsp3) is 0.643. The van der Waals surface area contributed by atoms with Gasteiger partial charge in [-0.05, 0) is 24.8 Å². The highest BCUT2D eigenvalue weighted by atomic mass is 16.2. The summed E-state index contributed by atoms with van der Waals surface area (Å²) in [5.41, 5.74) is 1.10. The molecule has 7 heteroatoms. The second kappa shape index (κ2) is 7.10. The molecule has 3 amide bonds. The molecule has 0 atom stereocenters. The van der Waals surface area contributed by atoms with Crippen LogP contribution >= 0.6 is 0 Å². The number of urea groups is 1. The standard InChI is InChI=1S/C14H23N5O2/c1-11(20)19-7-4-13(5-8-19)17-14(21)15-6-3-12-9-16-18(2)10-12/h9-10,13H,3-8H2,1-2H3,(H2,15,17,21). The third kappa shape index (κ3) is 4.77. The highest BCUT2D eigenvalue weighted by Crippen LogP contribution is 2.10. The predicted molar refractivity (Wildman–Crippen MR) is 78.7 cm³/mol. The van der Waals surface area contributed by atoms with Gasteiger partial charge in [0.25, 0.3) is 0 Å². The van der Waals surface area contributed by atoms with Crippen LogP contribution in [0.15, 0.2) is 12.4 Å². The average Bonchev–Trinajstić information content (AvgIpc) is 2.85. The molecular weight excluding hydrogens is 270 g/mol. The van der Waals surface area contributed by atoms with Crippen LogP contribution in [0, 0.1) is 0 Å². The summed E-state index contributed by atoms with van der Waals surface area (Å²) in [6, 6.07) is 0.0131. The molecule has 21 heavy (non-hydrogen) atoms. The van der Waals surface area contributed by atoms with Crippen molar-refractivity contribution in [2.45, 2.75) is 32.2 Å². The predicted octanol–water partition coefficient (Wildman–Crippen LogP) is 0.273. The first-order valence-electron chi connectivity index (χ1n) is 7.32. The van der Waals surface area contributed by atoms with Gasteiger partial charge in [0.1, 0.15) is 0 Å². The summed E-state index contributed by atoms with van der Waals surface area (Å²) >= 11 is 0. The van der Waals surface area contributed by atoms with E-state index in [4.69, 9.17) is 0 Å². The summed E-state index contributed by atoms with van der Waals surface area (Å²) in [4.78, 5) is 24.8. The number of amides is 3. The van der Waals surface area contributed by atoms with Gasteiger partial charge < -0.3 is 15.5 Å². The van der Waals surface area contributed by atoms with Gasteiger partial charge in [-0.25, -0.2) is 4.79 Å². The Hall–Kier alpha value is -2.05. The number of hydrogen-bond acceptors (Lipinski definition) is 3. The second-order valence-corrected chi connectivity index (χ2v) is 5.45. The second-order valence-electron chi connectivity index (χ2n) is 5.45. The van der Waals surface area contributed by atoms with Gasteiger partial charge in [-0.3, -0.25) is 9.48 Å². The number of aromatic nitrogens is 2. The largest absolute Gasteiger partial charge is 0.343 e. The Balaban J connectivity index is 1.62. The molecule has 1 aliphatic heterocycles. The molecule has 1 aromatic rings. The van der Waals surface area contributed by atoms with Crippen LogP contribution in [0.25, 0.3) is 0 Å². The molecule has 1 fully saturated rings. The van der Waals surface area contributed by atoms with E-state index in [0.717, 1.165) is 37.9 Å². The molecule has 1 aromatic heterocycles. The maximum atomic E-state index is 11.8. The van der Waals surface area contributed by atoms with E-state index in [0.29, 0.717) is 6.54 Å². The molecule has 0 aromatic carbocycles. The molecule has 0 radical (unpaired) electrons. The number of aryl methyl sites for hydroxylation is 1. The van der Waals surface area contributed by atoms with Crippen LogP contribution in [-0.4, -0.2) is 52.3 Å². The molecule has 0 unspecified atom stereocenters.